The van der Waals surface area contributed by atoms with Crippen molar-refractivity contribution in [2.75, 3.05) is 13.1 Å². The van der Waals surface area contributed by atoms with Gasteiger partial charge in [-0.3, -0.25) is 9.69 Å². The van der Waals surface area contributed by atoms with Gasteiger partial charge in [-0.2, -0.15) is 4.98 Å². The smallest absolute Gasteiger partial charge is 0.317 e. The van der Waals surface area contributed by atoms with E-state index in [0.717, 1.165) is 0 Å². The predicted molar refractivity (Wildman–Crippen MR) is 42.9 cm³/mol. The van der Waals surface area contributed by atoms with Crippen molar-refractivity contribution in [3.05, 3.63) is 12.2 Å². The number of hydrogen-bond donors (Lipinski definition) is 1. The van der Waals surface area contributed by atoms with Gasteiger partial charge >= 0.3 is 5.97 Å². The van der Waals surface area contributed by atoms with E-state index in [1.54, 1.807) is 4.90 Å². The standard InChI is InChI=1S/C7H11N3O3/c1-2-10(4-7(11)12)3-6-8-5-13-9-6/h5H,2-4H2,1H3,(H,11,12). The van der Waals surface area contributed by atoms with Crippen molar-refractivity contribution < 1.29 is 14.4 Å². The van der Waals surface area contributed by atoms with Gasteiger partial charge in [0.25, 0.3) is 0 Å². The van der Waals surface area contributed by atoms with Crippen molar-refractivity contribution >= 4 is 5.97 Å². The van der Waals surface area contributed by atoms with E-state index in [1.807, 2.05) is 6.92 Å². The van der Waals surface area contributed by atoms with Crippen LogP contribution in [0.15, 0.2) is 10.9 Å². The monoisotopic (exact) mass is 185 g/mol. The molecule has 0 bridgehead atoms. The van der Waals surface area contributed by atoms with Crippen LogP contribution in [-0.4, -0.2) is 39.2 Å². The zero-order chi connectivity index (χ0) is 9.68. The van der Waals surface area contributed by atoms with E-state index in [2.05, 4.69) is 14.7 Å². The Hall–Kier alpha value is -1.43. The minimum absolute atomic E-state index is 0.00889. The molecule has 0 amide bonds. The molecule has 0 unspecified atom stereocenters. The van der Waals surface area contributed by atoms with Crippen LogP contribution in [0, 0.1) is 0 Å². The van der Waals surface area contributed by atoms with Gasteiger partial charge in [0, 0.05) is 0 Å². The molecule has 0 saturated carbocycles. The first-order chi connectivity index (χ1) is 6.22. The van der Waals surface area contributed by atoms with Crippen LogP contribution in [0.5, 0.6) is 0 Å². The third-order valence-corrected chi connectivity index (χ3v) is 1.58. The molecule has 1 aromatic heterocycles. The molecule has 0 aliphatic rings. The number of hydrogen-bond acceptors (Lipinski definition) is 5. The largest absolute Gasteiger partial charge is 0.480 e. The van der Waals surface area contributed by atoms with E-state index in [9.17, 15) is 4.79 Å². The van der Waals surface area contributed by atoms with Crippen molar-refractivity contribution in [1.82, 2.24) is 15.0 Å². The van der Waals surface area contributed by atoms with E-state index in [0.29, 0.717) is 18.9 Å². The highest BCUT2D eigenvalue weighted by Crippen LogP contribution is 1.97. The normalized spacial score (nSPS) is 10.6. The summed E-state index contributed by atoms with van der Waals surface area (Å²) in [6.07, 6.45) is 1.23. The van der Waals surface area contributed by atoms with E-state index in [-0.39, 0.29) is 6.54 Å². The summed E-state index contributed by atoms with van der Waals surface area (Å²) < 4.78 is 4.53. The molecule has 0 aliphatic heterocycles. The second-order valence-corrected chi connectivity index (χ2v) is 2.54. The Kier molecular flexibility index (Phi) is 3.39. The van der Waals surface area contributed by atoms with Crippen LogP contribution in [0.2, 0.25) is 0 Å². The summed E-state index contributed by atoms with van der Waals surface area (Å²) in [4.78, 5) is 15.9. The average Bonchev–Trinajstić information content (AvgIpc) is 2.55. The number of carboxylic acids is 1. The summed E-state index contributed by atoms with van der Waals surface area (Å²) in [7, 11) is 0. The van der Waals surface area contributed by atoms with Crippen LogP contribution >= 0.6 is 0 Å². The van der Waals surface area contributed by atoms with Gasteiger partial charge in [-0.25, -0.2) is 0 Å². The lowest BCUT2D eigenvalue weighted by atomic mass is 10.4. The number of aliphatic carboxylic acids is 1. The number of carboxylic acid groups (broad SMARTS) is 1. The zero-order valence-corrected chi connectivity index (χ0v) is 7.30. The van der Waals surface area contributed by atoms with Crippen LogP contribution in [0.3, 0.4) is 0 Å². The maximum Gasteiger partial charge on any atom is 0.317 e. The van der Waals surface area contributed by atoms with Gasteiger partial charge in [-0.1, -0.05) is 12.1 Å². The van der Waals surface area contributed by atoms with Crippen molar-refractivity contribution in [2.24, 2.45) is 0 Å². The van der Waals surface area contributed by atoms with Crippen molar-refractivity contribution in [2.45, 2.75) is 13.5 Å². The van der Waals surface area contributed by atoms with Gasteiger partial charge in [-0.15, -0.1) is 0 Å². The molecule has 72 valence electrons. The molecule has 0 fully saturated rings. The number of carbonyl (C=O) groups is 1. The molecule has 6 nitrogen and oxygen atoms in total. The molecule has 0 aliphatic carbocycles. The molecule has 1 aromatic rings. The lowest BCUT2D eigenvalue weighted by Gasteiger charge is -2.14. The number of aromatic nitrogens is 2. The Morgan fingerprint density at radius 1 is 1.77 bits per heavy atom. The molecular weight excluding hydrogens is 174 g/mol. The molecule has 1 heterocycles. The molecule has 0 radical (unpaired) electrons. The fourth-order valence-corrected chi connectivity index (χ4v) is 0.933. The Labute approximate surface area is 75.2 Å². The highest BCUT2D eigenvalue weighted by atomic mass is 16.5. The minimum Gasteiger partial charge on any atom is -0.480 e. The second kappa shape index (κ2) is 4.56. The fourth-order valence-electron chi connectivity index (χ4n) is 0.933. The summed E-state index contributed by atoms with van der Waals surface area (Å²) in [5.74, 6) is -0.353. The molecule has 0 atom stereocenters. The molecule has 1 rings (SSSR count). The first kappa shape index (κ1) is 9.66. The van der Waals surface area contributed by atoms with Gasteiger partial charge < -0.3 is 9.63 Å². The third-order valence-electron chi connectivity index (χ3n) is 1.58. The number of rotatable bonds is 5. The summed E-state index contributed by atoms with van der Waals surface area (Å²) in [6.45, 7) is 2.91. The highest BCUT2D eigenvalue weighted by Gasteiger charge is 2.10. The van der Waals surface area contributed by atoms with Crippen molar-refractivity contribution in [1.29, 1.82) is 0 Å². The Bertz CT molecular complexity index is 260. The third kappa shape index (κ3) is 3.20. The summed E-state index contributed by atoms with van der Waals surface area (Å²) >= 11 is 0. The van der Waals surface area contributed by atoms with E-state index in [4.69, 9.17) is 5.11 Å². The van der Waals surface area contributed by atoms with Gasteiger partial charge in [0.1, 0.15) is 0 Å². The minimum atomic E-state index is -0.856. The maximum atomic E-state index is 10.4. The Balaban J connectivity index is 2.45. The Morgan fingerprint density at radius 2 is 2.54 bits per heavy atom. The molecule has 1 N–H and O–H groups in total. The summed E-state index contributed by atoms with van der Waals surface area (Å²) in [6, 6.07) is 0. The molecular formula is C7H11N3O3. The fraction of sp³-hybridized carbons (Fsp3) is 0.571. The average molecular weight is 185 g/mol. The molecule has 0 saturated heterocycles. The van der Waals surface area contributed by atoms with Crippen LogP contribution in [0.4, 0.5) is 0 Å². The van der Waals surface area contributed by atoms with Gasteiger partial charge in [0.15, 0.2) is 5.82 Å². The zero-order valence-electron chi connectivity index (χ0n) is 7.30. The van der Waals surface area contributed by atoms with Crippen LogP contribution in [-0.2, 0) is 11.3 Å². The molecule has 0 aromatic carbocycles. The first-order valence-electron chi connectivity index (χ1n) is 3.91. The quantitative estimate of drug-likeness (QED) is 0.694. The van der Waals surface area contributed by atoms with E-state index >= 15 is 0 Å². The lowest BCUT2D eigenvalue weighted by Crippen LogP contribution is -2.29. The van der Waals surface area contributed by atoms with Gasteiger partial charge in [0.05, 0.1) is 13.1 Å². The lowest BCUT2D eigenvalue weighted by molar-refractivity contribution is -0.138. The van der Waals surface area contributed by atoms with Crippen LogP contribution in [0.25, 0.3) is 0 Å². The number of nitrogens with zero attached hydrogens (tertiary/aromatic N) is 3. The SMILES string of the molecule is CCN(CC(=O)O)Cc1ncon1. The summed E-state index contributed by atoms with van der Waals surface area (Å²) in [5.41, 5.74) is 0. The molecule has 0 spiro atoms. The Morgan fingerprint density at radius 3 is 3.00 bits per heavy atom. The van der Waals surface area contributed by atoms with E-state index < -0.39 is 5.97 Å². The van der Waals surface area contributed by atoms with Crippen LogP contribution in [0.1, 0.15) is 12.7 Å². The summed E-state index contributed by atoms with van der Waals surface area (Å²) in [5, 5.41) is 12.1. The van der Waals surface area contributed by atoms with Gasteiger partial charge in [0.2, 0.25) is 6.39 Å². The first-order valence-corrected chi connectivity index (χ1v) is 3.91. The molecule has 13 heavy (non-hydrogen) atoms. The van der Waals surface area contributed by atoms with Crippen LogP contribution < -0.4 is 0 Å². The molecule has 6 heteroatoms. The number of likely N-dealkylation sites (N-methyl/N-ethyl adjacent to an activating group) is 1. The topological polar surface area (TPSA) is 79.5 Å². The van der Waals surface area contributed by atoms with Gasteiger partial charge in [-0.05, 0) is 6.54 Å². The van der Waals surface area contributed by atoms with Crippen molar-refractivity contribution in [3.8, 4) is 0 Å². The highest BCUT2D eigenvalue weighted by molar-refractivity contribution is 5.69. The van der Waals surface area contributed by atoms with E-state index in [1.165, 1.54) is 6.39 Å². The van der Waals surface area contributed by atoms with Crippen molar-refractivity contribution in [3.63, 3.8) is 0 Å². The second-order valence-electron chi connectivity index (χ2n) is 2.54. The predicted octanol–water partition coefficient (Wildman–Crippen LogP) is -0.0239. The maximum absolute atomic E-state index is 10.4.